The van der Waals surface area contributed by atoms with Gasteiger partial charge < -0.3 is 10.0 Å². The summed E-state index contributed by atoms with van der Waals surface area (Å²) < 4.78 is 1.62. The molecule has 7 heteroatoms. The largest absolute Gasteiger partial charge is 0.480 e. The van der Waals surface area contributed by atoms with Crippen molar-refractivity contribution in [1.29, 1.82) is 0 Å². The second-order valence-corrected chi connectivity index (χ2v) is 4.07. The van der Waals surface area contributed by atoms with E-state index in [0.717, 1.165) is 0 Å². The number of aromatic nitrogens is 3. The van der Waals surface area contributed by atoms with Crippen molar-refractivity contribution < 1.29 is 14.7 Å². The van der Waals surface area contributed by atoms with E-state index in [1.54, 1.807) is 29.1 Å². The van der Waals surface area contributed by atoms with Gasteiger partial charge in [-0.2, -0.15) is 0 Å². The number of carboxylic acid groups (broad SMARTS) is 1. The van der Waals surface area contributed by atoms with E-state index in [1.165, 1.54) is 4.90 Å². The summed E-state index contributed by atoms with van der Waals surface area (Å²) in [6.07, 6.45) is 5.55. The number of amides is 1. The van der Waals surface area contributed by atoms with E-state index in [4.69, 9.17) is 5.11 Å². The SMILES string of the molecule is CCCN(CC(=O)O)C(=O)c1cn2cccnc2n1. The molecule has 0 aliphatic rings. The molecular weight excluding hydrogens is 248 g/mol. The smallest absolute Gasteiger partial charge is 0.323 e. The molecule has 2 aromatic heterocycles. The summed E-state index contributed by atoms with van der Waals surface area (Å²) in [5.74, 6) is -1.02. The van der Waals surface area contributed by atoms with Crippen molar-refractivity contribution >= 4 is 17.7 Å². The Morgan fingerprint density at radius 1 is 1.47 bits per heavy atom. The molecule has 19 heavy (non-hydrogen) atoms. The molecule has 0 atom stereocenters. The van der Waals surface area contributed by atoms with Crippen LogP contribution < -0.4 is 0 Å². The zero-order valence-electron chi connectivity index (χ0n) is 10.5. The predicted molar refractivity (Wildman–Crippen MR) is 66.8 cm³/mol. The lowest BCUT2D eigenvalue weighted by Crippen LogP contribution is -2.36. The molecule has 0 spiro atoms. The van der Waals surface area contributed by atoms with E-state index in [2.05, 4.69) is 9.97 Å². The number of hydrogen-bond acceptors (Lipinski definition) is 4. The first-order valence-electron chi connectivity index (χ1n) is 5.92. The second-order valence-electron chi connectivity index (χ2n) is 4.07. The molecule has 100 valence electrons. The van der Waals surface area contributed by atoms with Gasteiger partial charge in [-0.05, 0) is 12.5 Å². The highest BCUT2D eigenvalue weighted by Crippen LogP contribution is 2.06. The Kier molecular flexibility index (Phi) is 3.74. The van der Waals surface area contributed by atoms with Crippen LogP contribution in [-0.4, -0.2) is 49.3 Å². The molecule has 1 amide bonds. The Morgan fingerprint density at radius 3 is 2.89 bits per heavy atom. The van der Waals surface area contributed by atoms with Crippen LogP contribution in [0.25, 0.3) is 5.78 Å². The van der Waals surface area contributed by atoms with Gasteiger partial charge in [0.15, 0.2) is 0 Å². The van der Waals surface area contributed by atoms with Crippen LogP contribution in [0.1, 0.15) is 23.8 Å². The van der Waals surface area contributed by atoms with E-state index in [-0.39, 0.29) is 12.2 Å². The number of imidazole rings is 1. The quantitative estimate of drug-likeness (QED) is 0.855. The third-order valence-corrected chi connectivity index (χ3v) is 2.56. The third-order valence-electron chi connectivity index (χ3n) is 2.56. The predicted octanol–water partition coefficient (Wildman–Crippen LogP) is 0.666. The van der Waals surface area contributed by atoms with Gasteiger partial charge in [-0.15, -0.1) is 0 Å². The second kappa shape index (κ2) is 5.47. The molecule has 0 radical (unpaired) electrons. The van der Waals surface area contributed by atoms with Crippen molar-refractivity contribution in [3.63, 3.8) is 0 Å². The zero-order chi connectivity index (χ0) is 13.8. The molecule has 2 aromatic rings. The molecule has 0 unspecified atom stereocenters. The van der Waals surface area contributed by atoms with Gasteiger partial charge in [-0.3, -0.25) is 14.0 Å². The lowest BCUT2D eigenvalue weighted by molar-refractivity contribution is -0.137. The van der Waals surface area contributed by atoms with Crippen LogP contribution in [0.5, 0.6) is 0 Å². The molecule has 0 saturated heterocycles. The van der Waals surface area contributed by atoms with Crippen LogP contribution in [-0.2, 0) is 4.79 Å². The van der Waals surface area contributed by atoms with Crippen LogP contribution in [0.3, 0.4) is 0 Å². The van der Waals surface area contributed by atoms with Crippen molar-refractivity contribution in [2.75, 3.05) is 13.1 Å². The molecule has 2 rings (SSSR count). The minimum absolute atomic E-state index is 0.202. The lowest BCUT2D eigenvalue weighted by Gasteiger charge is -2.18. The Balaban J connectivity index is 2.27. The van der Waals surface area contributed by atoms with Crippen LogP contribution in [0.2, 0.25) is 0 Å². The Morgan fingerprint density at radius 2 is 2.26 bits per heavy atom. The number of carbonyl (C=O) groups is 2. The molecule has 0 aliphatic heterocycles. The highest BCUT2D eigenvalue weighted by molar-refractivity contribution is 5.94. The van der Waals surface area contributed by atoms with Gasteiger partial charge in [0.2, 0.25) is 5.78 Å². The molecule has 7 nitrogen and oxygen atoms in total. The maximum absolute atomic E-state index is 12.2. The standard InChI is InChI=1S/C12H14N4O3/c1-2-5-15(8-10(17)18)11(19)9-7-16-6-3-4-13-12(16)14-9/h3-4,6-7H,2,5,8H2,1H3,(H,17,18). The van der Waals surface area contributed by atoms with Gasteiger partial charge in [0.1, 0.15) is 12.2 Å². The topological polar surface area (TPSA) is 87.8 Å². The van der Waals surface area contributed by atoms with Crippen molar-refractivity contribution in [2.45, 2.75) is 13.3 Å². The van der Waals surface area contributed by atoms with Gasteiger partial charge in [0, 0.05) is 25.1 Å². The summed E-state index contributed by atoms with van der Waals surface area (Å²) in [4.78, 5) is 32.3. The van der Waals surface area contributed by atoms with Crippen molar-refractivity contribution in [3.8, 4) is 0 Å². The lowest BCUT2D eigenvalue weighted by atomic mass is 10.3. The molecule has 2 heterocycles. The summed E-state index contributed by atoms with van der Waals surface area (Å²) in [5, 5.41) is 8.81. The van der Waals surface area contributed by atoms with Crippen LogP contribution >= 0.6 is 0 Å². The Bertz CT molecular complexity index is 575. The first-order valence-corrected chi connectivity index (χ1v) is 5.92. The van der Waals surface area contributed by atoms with Crippen molar-refractivity contribution in [2.24, 2.45) is 0 Å². The molecule has 0 aliphatic carbocycles. The summed E-state index contributed by atoms with van der Waals surface area (Å²) in [5.41, 5.74) is 0.202. The van der Waals surface area contributed by atoms with Crippen LogP contribution in [0.15, 0.2) is 24.7 Å². The first-order chi connectivity index (χ1) is 9.11. The fourth-order valence-electron chi connectivity index (χ4n) is 1.78. The fourth-order valence-corrected chi connectivity index (χ4v) is 1.78. The number of fused-ring (bicyclic) bond motifs is 1. The zero-order valence-corrected chi connectivity index (χ0v) is 10.5. The fraction of sp³-hybridized carbons (Fsp3) is 0.333. The van der Waals surface area contributed by atoms with Gasteiger partial charge in [0.25, 0.3) is 5.91 Å². The number of rotatable bonds is 5. The van der Waals surface area contributed by atoms with E-state index in [1.807, 2.05) is 6.92 Å². The number of nitrogens with zero attached hydrogens (tertiary/aromatic N) is 4. The maximum Gasteiger partial charge on any atom is 0.323 e. The number of hydrogen-bond donors (Lipinski definition) is 1. The average Bonchev–Trinajstić information content (AvgIpc) is 2.80. The van der Waals surface area contributed by atoms with E-state index >= 15 is 0 Å². The third kappa shape index (κ3) is 2.87. The first kappa shape index (κ1) is 13.0. The Hall–Kier alpha value is -2.44. The summed E-state index contributed by atoms with van der Waals surface area (Å²) in [6, 6.07) is 1.73. The van der Waals surface area contributed by atoms with Gasteiger partial charge in [-0.25, -0.2) is 9.97 Å². The molecule has 0 fully saturated rings. The number of aliphatic carboxylic acids is 1. The van der Waals surface area contributed by atoms with Gasteiger partial charge in [-0.1, -0.05) is 6.92 Å². The normalized spacial score (nSPS) is 10.6. The summed E-state index contributed by atoms with van der Waals surface area (Å²) >= 11 is 0. The van der Waals surface area contributed by atoms with Crippen molar-refractivity contribution in [3.05, 3.63) is 30.4 Å². The highest BCUT2D eigenvalue weighted by Gasteiger charge is 2.20. The minimum Gasteiger partial charge on any atom is -0.480 e. The molecule has 0 aromatic carbocycles. The van der Waals surface area contributed by atoms with Gasteiger partial charge >= 0.3 is 5.97 Å². The van der Waals surface area contributed by atoms with E-state index in [9.17, 15) is 9.59 Å². The molecule has 0 bridgehead atoms. The average molecular weight is 262 g/mol. The Labute approximate surface area is 109 Å². The summed E-state index contributed by atoms with van der Waals surface area (Å²) in [7, 11) is 0. The minimum atomic E-state index is -1.04. The van der Waals surface area contributed by atoms with Crippen LogP contribution in [0.4, 0.5) is 0 Å². The van der Waals surface area contributed by atoms with E-state index in [0.29, 0.717) is 18.7 Å². The number of carbonyl (C=O) groups excluding carboxylic acids is 1. The highest BCUT2D eigenvalue weighted by atomic mass is 16.4. The van der Waals surface area contributed by atoms with E-state index < -0.39 is 11.9 Å². The number of carboxylic acids is 1. The van der Waals surface area contributed by atoms with Crippen LogP contribution in [0, 0.1) is 0 Å². The summed E-state index contributed by atoms with van der Waals surface area (Å²) in [6.45, 7) is 1.94. The maximum atomic E-state index is 12.2. The molecule has 1 N–H and O–H groups in total. The van der Waals surface area contributed by atoms with Gasteiger partial charge in [0.05, 0.1) is 0 Å². The monoisotopic (exact) mass is 262 g/mol. The molecular formula is C12H14N4O3. The van der Waals surface area contributed by atoms with Crippen molar-refractivity contribution in [1.82, 2.24) is 19.3 Å². The molecule has 0 saturated carbocycles.